The fourth-order valence-electron chi connectivity index (χ4n) is 4.39. The number of rotatable bonds is 5. The quantitative estimate of drug-likeness (QED) is 0.438. The summed E-state index contributed by atoms with van der Waals surface area (Å²) < 4.78 is 7.46. The molecule has 1 aliphatic heterocycles. The van der Waals surface area contributed by atoms with E-state index in [1.54, 1.807) is 11.3 Å². The zero-order valence-electron chi connectivity index (χ0n) is 16.7. The van der Waals surface area contributed by atoms with Gasteiger partial charge in [-0.15, -0.1) is 11.3 Å². The average Bonchev–Trinajstić information content (AvgIpc) is 3.52. The molecule has 5 rings (SSSR count). The van der Waals surface area contributed by atoms with E-state index in [2.05, 4.69) is 58.0 Å². The fraction of sp³-hybridized carbons (Fsp3) is 0.304. The molecule has 29 heavy (non-hydrogen) atoms. The van der Waals surface area contributed by atoms with Crippen molar-refractivity contribution in [3.63, 3.8) is 0 Å². The molecule has 0 bridgehead atoms. The Morgan fingerprint density at radius 1 is 1.14 bits per heavy atom. The normalized spacial score (nSPS) is 17.2. The number of likely N-dealkylation sites (tertiary alicyclic amines) is 1. The molecule has 1 aliphatic rings. The number of aromatic nitrogens is 3. The minimum atomic E-state index is 0.359. The molecule has 4 heterocycles. The Morgan fingerprint density at radius 2 is 2.00 bits per heavy atom. The highest BCUT2D eigenvalue weighted by Crippen LogP contribution is 2.38. The third kappa shape index (κ3) is 3.43. The van der Waals surface area contributed by atoms with E-state index < -0.39 is 0 Å². The second kappa shape index (κ2) is 7.61. The first kappa shape index (κ1) is 18.3. The Balaban J connectivity index is 1.51. The first-order chi connectivity index (χ1) is 14.2. The minimum absolute atomic E-state index is 0.359. The summed E-state index contributed by atoms with van der Waals surface area (Å²) in [5.74, 6) is 0.942. The molecule has 1 saturated heterocycles. The Hall–Kier alpha value is -2.70. The maximum atomic E-state index is 5.46. The molecule has 0 amide bonds. The summed E-state index contributed by atoms with van der Waals surface area (Å²) in [4.78, 5) is 3.76. The lowest BCUT2D eigenvalue weighted by Crippen LogP contribution is -2.23. The molecule has 0 N–H and O–H groups in total. The molecule has 0 unspecified atom stereocenters. The second-order valence-corrected chi connectivity index (χ2v) is 8.57. The molecule has 1 fully saturated rings. The van der Waals surface area contributed by atoms with Gasteiger partial charge in [-0.1, -0.05) is 29.4 Å². The van der Waals surface area contributed by atoms with Crippen LogP contribution in [0.2, 0.25) is 0 Å². The lowest BCUT2D eigenvalue weighted by atomic mass is 10.0. The van der Waals surface area contributed by atoms with E-state index in [9.17, 15) is 0 Å². The highest BCUT2D eigenvalue weighted by atomic mass is 32.1. The third-order valence-corrected chi connectivity index (χ3v) is 6.60. The molecule has 0 spiro atoms. The number of benzene rings is 1. The van der Waals surface area contributed by atoms with Crippen molar-refractivity contribution in [2.24, 2.45) is 0 Å². The zero-order chi connectivity index (χ0) is 19.8. The van der Waals surface area contributed by atoms with Crippen molar-refractivity contribution in [1.29, 1.82) is 0 Å². The first-order valence-corrected chi connectivity index (χ1v) is 10.9. The van der Waals surface area contributed by atoms with Gasteiger partial charge < -0.3 is 4.52 Å². The van der Waals surface area contributed by atoms with Gasteiger partial charge in [-0.3, -0.25) is 4.90 Å². The molecule has 1 atom stereocenters. The van der Waals surface area contributed by atoms with Gasteiger partial charge in [0.15, 0.2) is 0 Å². The predicted molar refractivity (Wildman–Crippen MR) is 115 cm³/mol. The first-order valence-electron chi connectivity index (χ1n) is 10.1. The number of para-hydroxylation sites is 1. The third-order valence-electron chi connectivity index (χ3n) is 5.72. The van der Waals surface area contributed by atoms with Crippen LogP contribution in [0, 0.1) is 13.8 Å². The number of nitrogens with zero attached hydrogens (tertiary/aromatic N) is 4. The minimum Gasteiger partial charge on any atom is -0.361 e. The van der Waals surface area contributed by atoms with Gasteiger partial charge >= 0.3 is 0 Å². The molecule has 1 aromatic carbocycles. The van der Waals surface area contributed by atoms with Gasteiger partial charge in [0.2, 0.25) is 0 Å². The van der Waals surface area contributed by atoms with Crippen molar-refractivity contribution in [2.45, 2.75) is 39.3 Å². The molecule has 0 radical (unpaired) electrons. The summed E-state index contributed by atoms with van der Waals surface area (Å²) in [6, 6.07) is 14.9. The number of thiophene rings is 1. The Bertz CT molecular complexity index is 1080. The number of aryl methyl sites for hydroxylation is 2. The summed E-state index contributed by atoms with van der Waals surface area (Å²) in [6.07, 6.45) is 4.52. The molecule has 6 heteroatoms. The molecule has 0 saturated carbocycles. The lowest BCUT2D eigenvalue weighted by Gasteiger charge is -2.24. The largest absolute Gasteiger partial charge is 0.361 e. The molecule has 5 nitrogen and oxygen atoms in total. The Kier molecular flexibility index (Phi) is 4.81. The van der Waals surface area contributed by atoms with Gasteiger partial charge in [-0.05, 0) is 56.8 Å². The van der Waals surface area contributed by atoms with Crippen LogP contribution in [0.25, 0.3) is 16.3 Å². The summed E-state index contributed by atoms with van der Waals surface area (Å²) in [5.41, 5.74) is 5.69. The molecule has 0 aliphatic carbocycles. The average molecular weight is 405 g/mol. The Labute approximate surface area is 174 Å². The smallest absolute Gasteiger partial charge is 0.138 e. The standard InChI is InChI=1S/C23H24N4OS/c1-16-22(17(2)28-25-16)20-10-6-12-26(20)14-18-15-27(19-8-4-3-5-9-19)24-23(18)21-11-7-13-29-21/h3-5,7-9,11,13,15,20H,6,10,12,14H2,1-2H3/t20-/m0/s1. The van der Waals surface area contributed by atoms with E-state index in [-0.39, 0.29) is 0 Å². The summed E-state index contributed by atoms with van der Waals surface area (Å²) in [7, 11) is 0. The van der Waals surface area contributed by atoms with Crippen molar-refractivity contribution >= 4 is 11.3 Å². The highest BCUT2D eigenvalue weighted by Gasteiger charge is 2.31. The van der Waals surface area contributed by atoms with Gasteiger partial charge in [-0.25, -0.2) is 4.68 Å². The van der Waals surface area contributed by atoms with Crippen LogP contribution in [-0.4, -0.2) is 26.4 Å². The van der Waals surface area contributed by atoms with E-state index in [1.807, 2.05) is 24.6 Å². The summed E-state index contributed by atoms with van der Waals surface area (Å²) in [5, 5.41) is 11.3. The molecule has 4 aromatic rings. The fourth-order valence-corrected chi connectivity index (χ4v) is 5.13. The molecule has 148 valence electrons. The molecular weight excluding hydrogens is 380 g/mol. The predicted octanol–water partition coefficient (Wildman–Crippen LogP) is 5.54. The van der Waals surface area contributed by atoms with Crippen molar-refractivity contribution in [2.75, 3.05) is 6.54 Å². The summed E-state index contributed by atoms with van der Waals surface area (Å²) >= 11 is 1.74. The maximum Gasteiger partial charge on any atom is 0.138 e. The van der Waals surface area contributed by atoms with Gasteiger partial charge in [0.1, 0.15) is 11.5 Å². The summed E-state index contributed by atoms with van der Waals surface area (Å²) in [6.45, 7) is 6.02. The van der Waals surface area contributed by atoms with Crippen LogP contribution < -0.4 is 0 Å². The van der Waals surface area contributed by atoms with Crippen LogP contribution in [0.1, 0.15) is 41.5 Å². The SMILES string of the molecule is Cc1noc(C)c1[C@@H]1CCCN1Cc1cn(-c2ccccc2)nc1-c1cccs1. The van der Waals surface area contributed by atoms with Gasteiger partial charge in [0, 0.05) is 29.9 Å². The van der Waals surface area contributed by atoms with E-state index in [1.165, 1.54) is 22.4 Å². The van der Waals surface area contributed by atoms with Crippen LogP contribution in [0.3, 0.4) is 0 Å². The van der Waals surface area contributed by atoms with Crippen molar-refractivity contribution in [3.05, 3.63) is 76.6 Å². The van der Waals surface area contributed by atoms with E-state index in [0.717, 1.165) is 42.3 Å². The van der Waals surface area contributed by atoms with E-state index >= 15 is 0 Å². The number of hydrogen-bond donors (Lipinski definition) is 0. The Morgan fingerprint density at radius 3 is 2.72 bits per heavy atom. The van der Waals surface area contributed by atoms with Crippen LogP contribution in [-0.2, 0) is 6.54 Å². The lowest BCUT2D eigenvalue weighted by molar-refractivity contribution is 0.246. The van der Waals surface area contributed by atoms with Crippen molar-refractivity contribution in [1.82, 2.24) is 19.8 Å². The van der Waals surface area contributed by atoms with E-state index in [0.29, 0.717) is 6.04 Å². The van der Waals surface area contributed by atoms with Crippen molar-refractivity contribution < 1.29 is 4.52 Å². The van der Waals surface area contributed by atoms with E-state index in [4.69, 9.17) is 9.62 Å². The topological polar surface area (TPSA) is 47.1 Å². The second-order valence-electron chi connectivity index (χ2n) is 7.63. The van der Waals surface area contributed by atoms with Crippen LogP contribution >= 0.6 is 11.3 Å². The van der Waals surface area contributed by atoms with Crippen LogP contribution in [0.5, 0.6) is 0 Å². The van der Waals surface area contributed by atoms with Crippen LogP contribution in [0.4, 0.5) is 0 Å². The van der Waals surface area contributed by atoms with Gasteiger partial charge in [-0.2, -0.15) is 5.10 Å². The van der Waals surface area contributed by atoms with Gasteiger partial charge in [0.05, 0.1) is 16.3 Å². The monoisotopic (exact) mass is 404 g/mol. The highest BCUT2D eigenvalue weighted by molar-refractivity contribution is 7.13. The zero-order valence-corrected chi connectivity index (χ0v) is 17.5. The number of hydrogen-bond acceptors (Lipinski definition) is 5. The van der Waals surface area contributed by atoms with Crippen molar-refractivity contribution in [3.8, 4) is 16.3 Å². The molecular formula is C23H24N4OS. The molecule has 3 aromatic heterocycles. The maximum absolute atomic E-state index is 5.46. The van der Waals surface area contributed by atoms with Crippen LogP contribution in [0.15, 0.2) is 58.6 Å². The van der Waals surface area contributed by atoms with Gasteiger partial charge in [0.25, 0.3) is 0 Å².